The number of rotatable bonds is 4. The van der Waals surface area contributed by atoms with Crippen LogP contribution in [0.2, 0.25) is 0 Å². The zero-order valence-electron chi connectivity index (χ0n) is 14.2. The van der Waals surface area contributed by atoms with Crippen molar-refractivity contribution in [1.29, 1.82) is 0 Å². The Balaban J connectivity index is 0.000000333. The second kappa shape index (κ2) is 9.70. The summed E-state index contributed by atoms with van der Waals surface area (Å²) >= 11 is 5.43. The van der Waals surface area contributed by atoms with Crippen LogP contribution in [0.15, 0.2) is 30.5 Å². The third-order valence-electron chi connectivity index (χ3n) is 3.04. The summed E-state index contributed by atoms with van der Waals surface area (Å²) in [4.78, 5) is 28.3. The maximum atomic E-state index is 9.55. The minimum absolute atomic E-state index is 0.0871. The highest BCUT2D eigenvalue weighted by Crippen LogP contribution is 2.22. The van der Waals surface area contributed by atoms with Crippen molar-refractivity contribution in [3.63, 3.8) is 0 Å². The van der Waals surface area contributed by atoms with E-state index >= 15 is 0 Å². The molecule has 0 saturated carbocycles. The molecule has 2 rings (SSSR count). The highest BCUT2D eigenvalue weighted by molar-refractivity contribution is 7.80. The third-order valence-corrected chi connectivity index (χ3v) is 3.57. The molecule has 0 radical (unpaired) electrons. The standard InChI is InChI=1S/C12H17N3OS.C4H4O4/c1-14(2)7-9-8-15(3)12(17)10-5-4-6-13-11(10)16-9;5-3(6)1-2-4(7)8/h4-6,9H,7-8H2,1-3H3;1-2H,(H,5,6)(H,7,8)/b;2-1+. The molecule has 1 aromatic rings. The predicted octanol–water partition coefficient (Wildman–Crippen LogP) is 0.723. The van der Waals surface area contributed by atoms with Gasteiger partial charge in [0.25, 0.3) is 0 Å². The first-order chi connectivity index (χ1) is 11.7. The van der Waals surface area contributed by atoms with Gasteiger partial charge in [-0.15, -0.1) is 0 Å². The molecule has 25 heavy (non-hydrogen) atoms. The van der Waals surface area contributed by atoms with Gasteiger partial charge in [0, 0.05) is 31.9 Å². The molecule has 0 amide bonds. The number of hydrogen-bond donors (Lipinski definition) is 2. The van der Waals surface area contributed by atoms with Crippen LogP contribution in [0.4, 0.5) is 0 Å². The second-order valence-corrected chi connectivity index (χ2v) is 5.94. The van der Waals surface area contributed by atoms with E-state index in [0.29, 0.717) is 18.0 Å². The van der Waals surface area contributed by atoms with Crippen LogP contribution in [0.3, 0.4) is 0 Å². The number of ether oxygens (including phenoxy) is 1. The van der Waals surface area contributed by atoms with E-state index in [1.54, 1.807) is 6.20 Å². The van der Waals surface area contributed by atoms with Crippen LogP contribution in [0, 0.1) is 0 Å². The fourth-order valence-electron chi connectivity index (χ4n) is 2.08. The molecule has 1 aliphatic heterocycles. The number of hydrogen-bond acceptors (Lipinski definition) is 6. The summed E-state index contributed by atoms with van der Waals surface area (Å²) in [5.41, 5.74) is 0.909. The lowest BCUT2D eigenvalue weighted by Crippen LogP contribution is -2.39. The quantitative estimate of drug-likeness (QED) is 0.588. The van der Waals surface area contributed by atoms with Gasteiger partial charge in [0.2, 0.25) is 5.88 Å². The smallest absolute Gasteiger partial charge is 0.328 e. The normalized spacial score (nSPS) is 16.6. The lowest BCUT2D eigenvalue weighted by molar-refractivity contribution is -0.134. The summed E-state index contributed by atoms with van der Waals surface area (Å²) in [6.07, 6.45) is 2.94. The van der Waals surface area contributed by atoms with Crippen molar-refractivity contribution in [2.24, 2.45) is 0 Å². The Labute approximate surface area is 151 Å². The SMILES string of the molecule is CN(C)CC1CN(C)C(=S)c2cccnc2O1.O=C(O)/C=C/C(=O)O. The van der Waals surface area contributed by atoms with Crippen molar-refractivity contribution in [3.8, 4) is 5.88 Å². The number of thiocarbonyl (C=S) groups is 1. The molecule has 0 aromatic carbocycles. The molecule has 0 saturated heterocycles. The number of likely N-dealkylation sites (N-methyl/N-ethyl adjacent to an activating group) is 2. The first-order valence-electron chi connectivity index (χ1n) is 7.36. The lowest BCUT2D eigenvalue weighted by Gasteiger charge is -2.23. The molecule has 0 spiro atoms. The minimum Gasteiger partial charge on any atom is -0.478 e. The van der Waals surface area contributed by atoms with Gasteiger partial charge in [-0.1, -0.05) is 12.2 Å². The van der Waals surface area contributed by atoms with E-state index in [-0.39, 0.29) is 6.10 Å². The fraction of sp³-hybridized carbons (Fsp3) is 0.375. The van der Waals surface area contributed by atoms with Gasteiger partial charge in [0.15, 0.2) is 0 Å². The van der Waals surface area contributed by atoms with E-state index in [9.17, 15) is 9.59 Å². The molecular formula is C16H21N3O5S. The highest BCUT2D eigenvalue weighted by Gasteiger charge is 2.25. The van der Waals surface area contributed by atoms with Gasteiger partial charge in [-0.05, 0) is 26.2 Å². The Hall–Kier alpha value is -2.52. The van der Waals surface area contributed by atoms with Gasteiger partial charge < -0.3 is 24.7 Å². The number of fused-ring (bicyclic) bond motifs is 1. The van der Waals surface area contributed by atoms with Crippen LogP contribution in [-0.4, -0.2) is 82.3 Å². The zero-order chi connectivity index (χ0) is 19.0. The molecule has 1 aliphatic rings. The van der Waals surface area contributed by atoms with Crippen LogP contribution >= 0.6 is 12.2 Å². The summed E-state index contributed by atoms with van der Waals surface area (Å²) < 4.78 is 5.93. The Bertz CT molecular complexity index is 647. The number of nitrogens with zero attached hydrogens (tertiary/aromatic N) is 3. The molecule has 1 unspecified atom stereocenters. The van der Waals surface area contributed by atoms with Crippen LogP contribution < -0.4 is 4.74 Å². The highest BCUT2D eigenvalue weighted by atomic mass is 32.1. The van der Waals surface area contributed by atoms with E-state index in [1.165, 1.54) is 0 Å². The molecular weight excluding hydrogens is 346 g/mol. The van der Waals surface area contributed by atoms with Crippen molar-refractivity contribution >= 4 is 29.1 Å². The summed E-state index contributed by atoms with van der Waals surface area (Å²) in [6.45, 7) is 1.64. The van der Waals surface area contributed by atoms with E-state index in [2.05, 4.69) is 14.8 Å². The van der Waals surface area contributed by atoms with Crippen LogP contribution in [0.1, 0.15) is 5.56 Å². The molecule has 2 N–H and O–H groups in total. The minimum atomic E-state index is -1.26. The number of carbonyl (C=O) groups is 2. The molecule has 0 fully saturated rings. The van der Waals surface area contributed by atoms with Gasteiger partial charge in [0.05, 0.1) is 12.1 Å². The van der Waals surface area contributed by atoms with Crippen molar-refractivity contribution in [1.82, 2.24) is 14.8 Å². The van der Waals surface area contributed by atoms with Crippen molar-refractivity contribution in [2.75, 3.05) is 34.2 Å². The van der Waals surface area contributed by atoms with E-state index in [1.807, 2.05) is 33.3 Å². The molecule has 0 aliphatic carbocycles. The predicted molar refractivity (Wildman–Crippen MR) is 95.9 cm³/mol. The van der Waals surface area contributed by atoms with Gasteiger partial charge in [0.1, 0.15) is 11.1 Å². The molecule has 9 heteroatoms. The van der Waals surface area contributed by atoms with E-state index < -0.39 is 11.9 Å². The topological polar surface area (TPSA) is 103 Å². The number of aromatic nitrogens is 1. The Kier molecular flexibility index (Phi) is 7.96. The summed E-state index contributed by atoms with van der Waals surface area (Å²) in [6, 6.07) is 3.84. The number of carboxylic acid groups (broad SMARTS) is 2. The Morgan fingerprint density at radius 2 is 2.00 bits per heavy atom. The van der Waals surface area contributed by atoms with Gasteiger partial charge in [-0.25, -0.2) is 14.6 Å². The largest absolute Gasteiger partial charge is 0.478 e. The van der Waals surface area contributed by atoms with E-state index in [4.69, 9.17) is 27.2 Å². The lowest BCUT2D eigenvalue weighted by atomic mass is 10.2. The number of carboxylic acids is 2. The first kappa shape index (κ1) is 20.5. The van der Waals surface area contributed by atoms with Gasteiger partial charge in [-0.3, -0.25) is 0 Å². The molecule has 8 nitrogen and oxygen atoms in total. The zero-order valence-corrected chi connectivity index (χ0v) is 15.1. The molecule has 136 valence electrons. The monoisotopic (exact) mass is 367 g/mol. The molecule has 2 heterocycles. The molecule has 1 aromatic heterocycles. The number of pyridine rings is 1. The average molecular weight is 367 g/mol. The van der Waals surface area contributed by atoms with Crippen LogP contribution in [-0.2, 0) is 9.59 Å². The van der Waals surface area contributed by atoms with Gasteiger partial charge in [-0.2, -0.15) is 0 Å². The average Bonchev–Trinajstić information content (AvgIpc) is 2.63. The van der Waals surface area contributed by atoms with Crippen LogP contribution in [0.5, 0.6) is 5.88 Å². The van der Waals surface area contributed by atoms with E-state index in [0.717, 1.165) is 23.6 Å². The van der Waals surface area contributed by atoms with Crippen molar-refractivity contribution in [2.45, 2.75) is 6.10 Å². The Morgan fingerprint density at radius 1 is 1.40 bits per heavy atom. The van der Waals surface area contributed by atoms with Crippen molar-refractivity contribution in [3.05, 3.63) is 36.0 Å². The Morgan fingerprint density at radius 3 is 2.52 bits per heavy atom. The maximum Gasteiger partial charge on any atom is 0.328 e. The van der Waals surface area contributed by atoms with Crippen molar-refractivity contribution < 1.29 is 24.5 Å². The summed E-state index contributed by atoms with van der Waals surface area (Å²) in [7, 11) is 6.06. The summed E-state index contributed by atoms with van der Waals surface area (Å²) in [5.74, 6) is -1.87. The number of aliphatic carboxylic acids is 2. The fourth-order valence-corrected chi connectivity index (χ4v) is 2.31. The summed E-state index contributed by atoms with van der Waals surface area (Å²) in [5, 5.41) is 15.6. The molecule has 0 bridgehead atoms. The first-order valence-corrected chi connectivity index (χ1v) is 7.77. The third kappa shape index (κ3) is 7.27. The second-order valence-electron chi connectivity index (χ2n) is 5.55. The molecule has 1 atom stereocenters. The van der Waals surface area contributed by atoms with Gasteiger partial charge >= 0.3 is 11.9 Å². The van der Waals surface area contributed by atoms with Crippen LogP contribution in [0.25, 0.3) is 0 Å². The maximum absolute atomic E-state index is 9.55.